The van der Waals surface area contributed by atoms with Gasteiger partial charge in [-0.25, -0.2) is 0 Å². The number of imide groups is 1. The van der Waals surface area contributed by atoms with Crippen molar-refractivity contribution >= 4 is 23.9 Å². The lowest BCUT2D eigenvalue weighted by Crippen LogP contribution is -2.54. The van der Waals surface area contributed by atoms with E-state index in [1.165, 1.54) is 11.8 Å². The first-order valence-corrected chi connectivity index (χ1v) is 9.55. The summed E-state index contributed by atoms with van der Waals surface area (Å²) in [5, 5.41) is 12.9. The van der Waals surface area contributed by atoms with E-state index in [-0.39, 0.29) is 12.5 Å². The summed E-state index contributed by atoms with van der Waals surface area (Å²) in [6.07, 6.45) is 3.64. The lowest BCUT2D eigenvalue weighted by molar-refractivity contribution is -0.150. The van der Waals surface area contributed by atoms with E-state index in [0.29, 0.717) is 0 Å². The van der Waals surface area contributed by atoms with Crippen molar-refractivity contribution in [3.05, 3.63) is 77.9 Å². The number of nitrogens with one attached hydrogen (secondary N) is 1. The quantitative estimate of drug-likeness (QED) is 0.765. The number of hydrogen-bond donors (Lipinski definition) is 2. The Balaban J connectivity index is 1.66. The van der Waals surface area contributed by atoms with E-state index in [1.54, 1.807) is 6.08 Å². The number of likely N-dealkylation sites (tertiary alicyclic amines) is 1. The van der Waals surface area contributed by atoms with Crippen molar-refractivity contribution in [2.24, 2.45) is 11.8 Å². The van der Waals surface area contributed by atoms with Crippen LogP contribution in [0.4, 0.5) is 0 Å². The zero-order chi connectivity index (χ0) is 20.6. The van der Waals surface area contributed by atoms with Crippen molar-refractivity contribution in [1.29, 1.82) is 0 Å². The molecule has 0 bridgehead atoms. The molecule has 2 aliphatic heterocycles. The van der Waals surface area contributed by atoms with Crippen molar-refractivity contribution < 1.29 is 19.5 Å². The third-order valence-corrected chi connectivity index (χ3v) is 5.84. The van der Waals surface area contributed by atoms with E-state index in [4.69, 9.17) is 0 Å². The van der Waals surface area contributed by atoms with Crippen LogP contribution in [-0.4, -0.2) is 39.4 Å². The molecule has 2 N–H and O–H groups in total. The van der Waals surface area contributed by atoms with Gasteiger partial charge in [0.25, 0.3) is 0 Å². The molecule has 2 aliphatic rings. The normalized spacial score (nSPS) is 28.9. The summed E-state index contributed by atoms with van der Waals surface area (Å²) in [7, 11) is 0. The molecule has 4 unspecified atom stereocenters. The average Bonchev–Trinajstić information content (AvgIpc) is 3.17. The number of rotatable bonds is 5. The van der Waals surface area contributed by atoms with Gasteiger partial charge < -0.3 is 5.11 Å². The number of carbonyl (C=O) groups is 3. The summed E-state index contributed by atoms with van der Waals surface area (Å²) in [5.41, 5.74) is 0.261. The molecule has 2 saturated heterocycles. The summed E-state index contributed by atoms with van der Waals surface area (Å²) in [4.78, 5) is 39.5. The maximum absolute atomic E-state index is 13.2. The van der Waals surface area contributed by atoms with Crippen molar-refractivity contribution in [3.8, 4) is 0 Å². The number of aliphatic carboxylic acids is 1. The fraction of sp³-hybridized carbons (Fsp3) is 0.261. The number of nitrogens with zero attached hydrogens (tertiary/aromatic N) is 1. The Hall–Kier alpha value is -3.25. The molecule has 0 aromatic heterocycles. The molecule has 0 saturated carbocycles. The van der Waals surface area contributed by atoms with Crippen LogP contribution in [0, 0.1) is 11.8 Å². The van der Waals surface area contributed by atoms with Crippen LogP contribution in [0.1, 0.15) is 18.1 Å². The van der Waals surface area contributed by atoms with Crippen LogP contribution in [0.5, 0.6) is 0 Å². The Morgan fingerprint density at radius 3 is 2.31 bits per heavy atom. The van der Waals surface area contributed by atoms with Crippen LogP contribution in [0.15, 0.2) is 66.7 Å². The van der Waals surface area contributed by atoms with Crippen LogP contribution in [-0.2, 0) is 20.9 Å². The number of benzene rings is 2. The van der Waals surface area contributed by atoms with E-state index in [1.807, 2.05) is 66.7 Å². The van der Waals surface area contributed by atoms with E-state index >= 15 is 0 Å². The first-order chi connectivity index (χ1) is 13.9. The molecule has 0 aliphatic carbocycles. The van der Waals surface area contributed by atoms with Crippen LogP contribution < -0.4 is 5.32 Å². The molecule has 6 heteroatoms. The molecule has 0 spiro atoms. The zero-order valence-electron chi connectivity index (χ0n) is 16.0. The van der Waals surface area contributed by atoms with Crippen LogP contribution in [0.25, 0.3) is 6.08 Å². The number of carboxylic acids is 1. The Bertz CT molecular complexity index is 973. The molecule has 6 nitrogen and oxygen atoms in total. The molecule has 2 aromatic rings. The molecule has 2 aromatic carbocycles. The standard InChI is InChI=1S/C23H22N2O4/c1-23(22(28)29)19-18(17(24-23)13-12-15-8-4-2-5-9-15)20(26)25(21(19)27)14-16-10-6-3-7-11-16/h2-13,17-19,24H,14H2,1H3,(H,28,29). The summed E-state index contributed by atoms with van der Waals surface area (Å²) >= 11 is 0. The highest BCUT2D eigenvalue weighted by Crippen LogP contribution is 2.43. The second kappa shape index (κ2) is 7.29. The second-order valence-corrected chi connectivity index (χ2v) is 7.70. The predicted molar refractivity (Wildman–Crippen MR) is 107 cm³/mol. The van der Waals surface area contributed by atoms with Gasteiger partial charge in [-0.05, 0) is 18.1 Å². The highest BCUT2D eigenvalue weighted by atomic mass is 16.4. The topological polar surface area (TPSA) is 86.7 Å². The van der Waals surface area contributed by atoms with Crippen LogP contribution in [0.2, 0.25) is 0 Å². The van der Waals surface area contributed by atoms with E-state index in [9.17, 15) is 19.5 Å². The Morgan fingerprint density at radius 2 is 1.69 bits per heavy atom. The zero-order valence-corrected chi connectivity index (χ0v) is 16.0. The average molecular weight is 390 g/mol. The first kappa shape index (κ1) is 19.1. The molecule has 0 radical (unpaired) electrons. The minimum Gasteiger partial charge on any atom is -0.480 e. The van der Waals surface area contributed by atoms with Crippen molar-refractivity contribution in [1.82, 2.24) is 10.2 Å². The molecule has 2 heterocycles. The maximum Gasteiger partial charge on any atom is 0.324 e. The maximum atomic E-state index is 13.2. The van der Waals surface area contributed by atoms with Gasteiger partial charge in [0, 0.05) is 6.04 Å². The van der Waals surface area contributed by atoms with Gasteiger partial charge in [-0.3, -0.25) is 24.6 Å². The Kier molecular flexibility index (Phi) is 4.80. The van der Waals surface area contributed by atoms with Gasteiger partial charge in [0.05, 0.1) is 18.4 Å². The third-order valence-electron chi connectivity index (χ3n) is 5.84. The highest BCUT2D eigenvalue weighted by Gasteiger charge is 2.65. The van der Waals surface area contributed by atoms with Gasteiger partial charge in [-0.1, -0.05) is 72.8 Å². The third kappa shape index (κ3) is 3.25. The van der Waals surface area contributed by atoms with Gasteiger partial charge in [0.2, 0.25) is 11.8 Å². The first-order valence-electron chi connectivity index (χ1n) is 9.55. The van der Waals surface area contributed by atoms with Gasteiger partial charge >= 0.3 is 5.97 Å². The summed E-state index contributed by atoms with van der Waals surface area (Å²) in [6, 6.07) is 18.2. The Morgan fingerprint density at radius 1 is 1.07 bits per heavy atom. The molecule has 4 atom stereocenters. The summed E-state index contributed by atoms with van der Waals surface area (Å²) in [6.45, 7) is 1.64. The lowest BCUT2D eigenvalue weighted by Gasteiger charge is -2.26. The van der Waals surface area contributed by atoms with Crippen molar-refractivity contribution in [2.75, 3.05) is 0 Å². The largest absolute Gasteiger partial charge is 0.480 e. The molecule has 2 amide bonds. The molecule has 4 rings (SSSR count). The van der Waals surface area contributed by atoms with Crippen molar-refractivity contribution in [2.45, 2.75) is 25.0 Å². The van der Waals surface area contributed by atoms with Gasteiger partial charge in [0.1, 0.15) is 5.54 Å². The van der Waals surface area contributed by atoms with E-state index in [2.05, 4.69) is 5.32 Å². The molecule has 148 valence electrons. The fourth-order valence-electron chi connectivity index (χ4n) is 4.31. The van der Waals surface area contributed by atoms with Gasteiger partial charge in [0.15, 0.2) is 0 Å². The minimum atomic E-state index is -1.51. The van der Waals surface area contributed by atoms with E-state index in [0.717, 1.165) is 11.1 Å². The fourth-order valence-corrected chi connectivity index (χ4v) is 4.31. The summed E-state index contributed by atoms with van der Waals surface area (Å²) < 4.78 is 0. The smallest absolute Gasteiger partial charge is 0.324 e. The predicted octanol–water partition coefficient (Wildman–Crippen LogP) is 2.32. The molecule has 2 fully saturated rings. The highest BCUT2D eigenvalue weighted by molar-refractivity contribution is 6.09. The molecular weight excluding hydrogens is 368 g/mol. The minimum absolute atomic E-state index is 0.149. The van der Waals surface area contributed by atoms with Gasteiger partial charge in [-0.15, -0.1) is 0 Å². The number of carbonyl (C=O) groups excluding carboxylic acids is 2. The number of carboxylic acid groups (broad SMARTS) is 1. The monoisotopic (exact) mass is 390 g/mol. The lowest BCUT2D eigenvalue weighted by atomic mass is 9.81. The van der Waals surface area contributed by atoms with E-state index < -0.39 is 35.3 Å². The SMILES string of the molecule is CC1(C(=O)O)NC(C=Cc2ccccc2)C2C(=O)N(Cc3ccccc3)C(=O)C21. The van der Waals surface area contributed by atoms with Crippen LogP contribution >= 0.6 is 0 Å². The second-order valence-electron chi connectivity index (χ2n) is 7.70. The Labute approximate surface area is 168 Å². The van der Waals surface area contributed by atoms with Gasteiger partial charge in [-0.2, -0.15) is 0 Å². The molecular formula is C23H22N2O4. The van der Waals surface area contributed by atoms with Crippen LogP contribution in [0.3, 0.4) is 0 Å². The summed E-state index contributed by atoms with van der Waals surface area (Å²) in [5.74, 6) is -3.58. The number of amides is 2. The van der Waals surface area contributed by atoms with Crippen molar-refractivity contribution in [3.63, 3.8) is 0 Å². The molecule has 29 heavy (non-hydrogen) atoms. The number of fused-ring (bicyclic) bond motifs is 1. The number of hydrogen-bond acceptors (Lipinski definition) is 4.